The van der Waals surface area contributed by atoms with Gasteiger partial charge in [-0.25, -0.2) is 0 Å². The van der Waals surface area contributed by atoms with Crippen molar-refractivity contribution in [2.45, 2.75) is 32.7 Å². The number of methoxy groups -OCH3 is 1. The van der Waals surface area contributed by atoms with Gasteiger partial charge in [0.1, 0.15) is 0 Å². The van der Waals surface area contributed by atoms with Crippen molar-refractivity contribution >= 4 is 29.9 Å². The molecule has 1 aromatic rings. The molecular formula is C21H35IN4O2. The second-order valence-corrected chi connectivity index (χ2v) is 7.43. The first kappa shape index (κ1) is 23.1. The van der Waals surface area contributed by atoms with E-state index in [9.17, 15) is 0 Å². The summed E-state index contributed by atoms with van der Waals surface area (Å²) < 4.78 is 11.0. The summed E-state index contributed by atoms with van der Waals surface area (Å²) in [4.78, 5) is 9.52. The topological polar surface area (TPSA) is 49.3 Å². The predicted octanol–water partition coefficient (Wildman–Crippen LogP) is 3.21. The molecule has 1 N–H and O–H groups in total. The highest BCUT2D eigenvalue weighted by Crippen LogP contribution is 2.28. The third-order valence-electron chi connectivity index (χ3n) is 5.49. The molecule has 1 unspecified atom stereocenters. The molecule has 0 saturated carbocycles. The smallest absolute Gasteiger partial charge is 0.193 e. The Bertz CT molecular complexity index is 635. The van der Waals surface area contributed by atoms with Crippen LogP contribution in [-0.4, -0.2) is 69.2 Å². The maximum Gasteiger partial charge on any atom is 0.193 e. The number of ether oxygens (including phenoxy) is 2. The van der Waals surface area contributed by atoms with Crippen LogP contribution in [0.4, 0.5) is 0 Å². The van der Waals surface area contributed by atoms with Gasteiger partial charge >= 0.3 is 0 Å². The molecule has 0 spiro atoms. The van der Waals surface area contributed by atoms with Crippen LogP contribution in [0.5, 0.6) is 11.5 Å². The van der Waals surface area contributed by atoms with E-state index >= 15 is 0 Å². The first-order valence-corrected chi connectivity index (χ1v) is 10.2. The molecule has 158 valence electrons. The highest BCUT2D eigenvalue weighted by Gasteiger charge is 2.27. The standard InChI is InChI=1S/C21H34N4O2.HI/c1-4-27-20-13-17(7-8-19(20)26-3)14-23-21(22-2)25-12-9-18(16-25)15-24-10-5-6-11-24;/h7-8,13,18H,4-6,9-12,14-16H2,1-3H3,(H,22,23);1H. The minimum atomic E-state index is 0. The molecule has 0 aliphatic carbocycles. The average Bonchev–Trinajstić information content (AvgIpc) is 3.36. The molecule has 2 aliphatic rings. The molecule has 2 heterocycles. The zero-order valence-electron chi connectivity index (χ0n) is 17.4. The van der Waals surface area contributed by atoms with Crippen molar-refractivity contribution in [3.63, 3.8) is 0 Å². The fourth-order valence-electron chi connectivity index (χ4n) is 4.12. The van der Waals surface area contributed by atoms with Gasteiger partial charge in [0, 0.05) is 33.2 Å². The molecule has 0 amide bonds. The first-order chi connectivity index (χ1) is 13.2. The lowest BCUT2D eigenvalue weighted by Crippen LogP contribution is -2.40. The van der Waals surface area contributed by atoms with E-state index in [1.54, 1.807) is 7.11 Å². The van der Waals surface area contributed by atoms with Crippen LogP contribution in [0.1, 0.15) is 31.7 Å². The van der Waals surface area contributed by atoms with Gasteiger partial charge in [0.05, 0.1) is 13.7 Å². The monoisotopic (exact) mass is 502 g/mol. The Balaban J connectivity index is 0.00000280. The van der Waals surface area contributed by atoms with E-state index in [4.69, 9.17) is 9.47 Å². The normalized spacial score (nSPS) is 20.2. The maximum atomic E-state index is 5.68. The Kier molecular flexibility index (Phi) is 9.64. The molecule has 0 bridgehead atoms. The molecule has 2 fully saturated rings. The number of nitrogens with zero attached hydrogens (tertiary/aromatic N) is 3. The Hall–Kier alpha value is -1.22. The average molecular weight is 502 g/mol. The third-order valence-corrected chi connectivity index (χ3v) is 5.49. The van der Waals surface area contributed by atoms with Gasteiger partial charge < -0.3 is 24.6 Å². The summed E-state index contributed by atoms with van der Waals surface area (Å²) in [6, 6.07) is 6.08. The zero-order valence-corrected chi connectivity index (χ0v) is 19.8. The molecule has 7 heteroatoms. The Morgan fingerprint density at radius 1 is 1.21 bits per heavy atom. The number of halogens is 1. The first-order valence-electron chi connectivity index (χ1n) is 10.2. The summed E-state index contributed by atoms with van der Waals surface area (Å²) in [7, 11) is 3.54. The summed E-state index contributed by atoms with van der Waals surface area (Å²) in [6.07, 6.45) is 3.99. The van der Waals surface area contributed by atoms with Crippen molar-refractivity contribution in [1.29, 1.82) is 0 Å². The molecule has 0 aromatic heterocycles. The van der Waals surface area contributed by atoms with E-state index in [-0.39, 0.29) is 24.0 Å². The second kappa shape index (κ2) is 11.7. The van der Waals surface area contributed by atoms with Crippen LogP contribution in [0, 0.1) is 5.92 Å². The zero-order chi connectivity index (χ0) is 19.1. The minimum Gasteiger partial charge on any atom is -0.493 e. The highest BCUT2D eigenvalue weighted by molar-refractivity contribution is 14.0. The SMILES string of the molecule is CCOc1cc(CNC(=NC)N2CCC(CN3CCCC3)C2)ccc1OC.I. The number of likely N-dealkylation sites (tertiary alicyclic amines) is 2. The van der Waals surface area contributed by atoms with Crippen LogP contribution in [0.2, 0.25) is 0 Å². The summed E-state index contributed by atoms with van der Waals surface area (Å²) >= 11 is 0. The van der Waals surface area contributed by atoms with Crippen molar-refractivity contribution in [2.24, 2.45) is 10.9 Å². The predicted molar refractivity (Wildman–Crippen MR) is 125 cm³/mol. The van der Waals surface area contributed by atoms with Crippen LogP contribution in [0.15, 0.2) is 23.2 Å². The van der Waals surface area contributed by atoms with Crippen molar-refractivity contribution < 1.29 is 9.47 Å². The lowest BCUT2D eigenvalue weighted by Gasteiger charge is -2.23. The molecule has 3 rings (SSSR count). The van der Waals surface area contributed by atoms with Gasteiger partial charge in [0.25, 0.3) is 0 Å². The summed E-state index contributed by atoms with van der Waals surface area (Å²) in [5, 5.41) is 3.51. The summed E-state index contributed by atoms with van der Waals surface area (Å²) in [5.41, 5.74) is 1.16. The lowest BCUT2D eigenvalue weighted by molar-refractivity contribution is 0.281. The number of nitrogens with one attached hydrogen (secondary N) is 1. The quantitative estimate of drug-likeness (QED) is 0.353. The number of guanidine groups is 1. The van der Waals surface area contributed by atoms with E-state index in [1.807, 2.05) is 26.1 Å². The van der Waals surface area contributed by atoms with Crippen molar-refractivity contribution in [2.75, 3.05) is 53.5 Å². The van der Waals surface area contributed by atoms with Crippen LogP contribution < -0.4 is 14.8 Å². The molecular weight excluding hydrogens is 467 g/mol. The van der Waals surface area contributed by atoms with E-state index in [0.717, 1.165) is 48.6 Å². The van der Waals surface area contributed by atoms with E-state index < -0.39 is 0 Å². The molecule has 6 nitrogen and oxygen atoms in total. The fourth-order valence-corrected chi connectivity index (χ4v) is 4.12. The van der Waals surface area contributed by atoms with Gasteiger partial charge in [-0.3, -0.25) is 4.99 Å². The molecule has 2 aliphatic heterocycles. The van der Waals surface area contributed by atoms with Crippen molar-refractivity contribution in [1.82, 2.24) is 15.1 Å². The number of benzene rings is 1. The van der Waals surface area contributed by atoms with Gasteiger partial charge in [-0.15, -0.1) is 24.0 Å². The van der Waals surface area contributed by atoms with E-state index in [2.05, 4.69) is 26.2 Å². The Morgan fingerprint density at radius 3 is 2.68 bits per heavy atom. The fraction of sp³-hybridized carbons (Fsp3) is 0.667. The Labute approximate surface area is 186 Å². The van der Waals surface area contributed by atoms with Gasteiger partial charge in [0.15, 0.2) is 17.5 Å². The minimum absolute atomic E-state index is 0. The summed E-state index contributed by atoms with van der Waals surface area (Å²) in [6.45, 7) is 9.33. The van der Waals surface area contributed by atoms with Crippen molar-refractivity contribution in [3.05, 3.63) is 23.8 Å². The van der Waals surface area contributed by atoms with Crippen LogP contribution in [0.3, 0.4) is 0 Å². The number of hydrogen-bond acceptors (Lipinski definition) is 4. The van der Waals surface area contributed by atoms with Gasteiger partial charge in [0.2, 0.25) is 0 Å². The Morgan fingerprint density at radius 2 is 2.00 bits per heavy atom. The maximum absolute atomic E-state index is 5.68. The van der Waals surface area contributed by atoms with E-state index in [0.29, 0.717) is 6.61 Å². The van der Waals surface area contributed by atoms with Crippen molar-refractivity contribution in [3.8, 4) is 11.5 Å². The molecule has 1 aromatic carbocycles. The lowest BCUT2D eigenvalue weighted by atomic mass is 10.1. The molecule has 1 atom stereocenters. The van der Waals surface area contributed by atoms with Crippen LogP contribution in [-0.2, 0) is 6.54 Å². The third kappa shape index (κ3) is 6.14. The molecule has 0 radical (unpaired) electrons. The number of rotatable bonds is 7. The second-order valence-electron chi connectivity index (χ2n) is 7.43. The largest absolute Gasteiger partial charge is 0.493 e. The van der Waals surface area contributed by atoms with E-state index in [1.165, 1.54) is 38.9 Å². The highest BCUT2D eigenvalue weighted by atomic mass is 127. The van der Waals surface area contributed by atoms with Gasteiger partial charge in [-0.1, -0.05) is 6.07 Å². The number of aliphatic imine (C=N–C) groups is 1. The summed E-state index contributed by atoms with van der Waals surface area (Å²) in [5.74, 6) is 3.32. The van der Waals surface area contributed by atoms with Crippen LogP contribution in [0.25, 0.3) is 0 Å². The van der Waals surface area contributed by atoms with Gasteiger partial charge in [-0.2, -0.15) is 0 Å². The molecule has 2 saturated heterocycles. The van der Waals surface area contributed by atoms with Crippen LogP contribution >= 0.6 is 24.0 Å². The van der Waals surface area contributed by atoms with Gasteiger partial charge in [-0.05, 0) is 62.9 Å². The number of hydrogen-bond donors (Lipinski definition) is 1. The molecule has 28 heavy (non-hydrogen) atoms.